The van der Waals surface area contributed by atoms with E-state index < -0.39 is 5.97 Å². The van der Waals surface area contributed by atoms with E-state index in [1.165, 1.54) is 6.07 Å². The second-order valence-electron chi connectivity index (χ2n) is 7.90. The maximum Gasteiger partial charge on any atom is 0.335 e. The Bertz CT molecular complexity index is 1580. The summed E-state index contributed by atoms with van der Waals surface area (Å²) in [5, 5.41) is 10.5. The monoisotopic (exact) mass is 488 g/mol. The van der Waals surface area contributed by atoms with Crippen molar-refractivity contribution in [2.75, 3.05) is 0 Å². The first-order valence-corrected chi connectivity index (χ1v) is 11.3. The lowest BCUT2D eigenvalue weighted by Gasteiger charge is -2.07. The molecule has 0 saturated carbocycles. The standard InChI is InChI=1S/C27H18Cl2N2O3/c28-21-8-4-18(5-9-21)19-6-11-23(12-7-19)31-25-15-22(29)10-13-24(25)30(27(31)34)16-17-2-1-3-20(14-17)26(32)33/h1-15H,16H2,(H,32,33). The van der Waals surface area contributed by atoms with E-state index in [2.05, 4.69) is 0 Å². The van der Waals surface area contributed by atoms with Crippen LogP contribution in [0.4, 0.5) is 0 Å². The number of fused-ring (bicyclic) bond motifs is 1. The molecule has 7 heteroatoms. The molecule has 5 aromatic rings. The van der Waals surface area contributed by atoms with Gasteiger partial charge in [-0.2, -0.15) is 0 Å². The van der Waals surface area contributed by atoms with E-state index in [0.29, 0.717) is 32.3 Å². The van der Waals surface area contributed by atoms with Crippen molar-refractivity contribution in [3.63, 3.8) is 0 Å². The van der Waals surface area contributed by atoms with Crippen molar-refractivity contribution < 1.29 is 9.90 Å². The second kappa shape index (κ2) is 8.86. The molecule has 5 nitrogen and oxygen atoms in total. The Morgan fingerprint density at radius 1 is 0.765 bits per heavy atom. The van der Waals surface area contributed by atoms with E-state index >= 15 is 0 Å². The van der Waals surface area contributed by atoms with Gasteiger partial charge in [-0.25, -0.2) is 9.59 Å². The molecule has 0 aliphatic carbocycles. The number of rotatable bonds is 5. The zero-order chi connectivity index (χ0) is 23.8. The van der Waals surface area contributed by atoms with Crippen LogP contribution in [-0.2, 0) is 6.54 Å². The summed E-state index contributed by atoms with van der Waals surface area (Å²) in [4.78, 5) is 24.9. The molecule has 4 aromatic carbocycles. The van der Waals surface area contributed by atoms with Crippen LogP contribution in [0, 0.1) is 0 Å². The first-order valence-electron chi connectivity index (χ1n) is 10.5. The lowest BCUT2D eigenvalue weighted by molar-refractivity contribution is 0.0696. The molecule has 0 amide bonds. The Kier molecular flexibility index (Phi) is 5.74. The SMILES string of the molecule is O=C(O)c1cccc(Cn2c(=O)n(-c3ccc(-c4ccc(Cl)cc4)cc3)c3cc(Cl)ccc32)c1. The fourth-order valence-corrected chi connectivity index (χ4v) is 4.36. The molecule has 0 unspecified atom stereocenters. The van der Waals surface area contributed by atoms with Crippen molar-refractivity contribution in [2.24, 2.45) is 0 Å². The van der Waals surface area contributed by atoms with Crippen molar-refractivity contribution in [2.45, 2.75) is 6.54 Å². The molecule has 5 rings (SSSR count). The number of carbonyl (C=O) groups is 1. The third-order valence-electron chi connectivity index (χ3n) is 5.71. The van der Waals surface area contributed by atoms with Crippen LogP contribution in [0.3, 0.4) is 0 Å². The summed E-state index contributed by atoms with van der Waals surface area (Å²) in [5.74, 6) is -1.01. The van der Waals surface area contributed by atoms with Gasteiger partial charge in [-0.1, -0.05) is 59.6 Å². The van der Waals surface area contributed by atoms with Gasteiger partial charge in [-0.15, -0.1) is 0 Å². The van der Waals surface area contributed by atoms with Crippen LogP contribution < -0.4 is 5.69 Å². The summed E-state index contributed by atoms with van der Waals surface area (Å²) in [7, 11) is 0. The molecule has 0 radical (unpaired) electrons. The van der Waals surface area contributed by atoms with Gasteiger partial charge in [-0.05, 0) is 71.3 Å². The van der Waals surface area contributed by atoms with E-state index in [1.54, 1.807) is 45.5 Å². The molecule has 0 spiro atoms. The molecule has 34 heavy (non-hydrogen) atoms. The predicted molar refractivity (Wildman–Crippen MR) is 135 cm³/mol. The third kappa shape index (κ3) is 4.12. The lowest BCUT2D eigenvalue weighted by atomic mass is 10.1. The highest BCUT2D eigenvalue weighted by molar-refractivity contribution is 6.31. The summed E-state index contributed by atoms with van der Waals surface area (Å²) >= 11 is 12.3. The van der Waals surface area contributed by atoms with Crippen LogP contribution in [-0.4, -0.2) is 20.2 Å². The zero-order valence-corrected chi connectivity index (χ0v) is 19.3. The fraction of sp³-hybridized carbons (Fsp3) is 0.0370. The van der Waals surface area contributed by atoms with Crippen LogP contribution in [0.15, 0.2) is 95.8 Å². The van der Waals surface area contributed by atoms with Crippen molar-refractivity contribution in [3.05, 3.63) is 123 Å². The van der Waals surface area contributed by atoms with Gasteiger partial charge in [0.15, 0.2) is 0 Å². The molecule has 0 aliphatic rings. The van der Waals surface area contributed by atoms with E-state index in [9.17, 15) is 14.7 Å². The smallest absolute Gasteiger partial charge is 0.335 e. The molecule has 1 heterocycles. The summed E-state index contributed by atoms with van der Waals surface area (Å²) < 4.78 is 3.24. The zero-order valence-electron chi connectivity index (χ0n) is 17.8. The minimum atomic E-state index is -1.01. The average Bonchev–Trinajstić information content (AvgIpc) is 3.10. The number of carboxylic acids is 1. The first-order chi connectivity index (χ1) is 16.4. The van der Waals surface area contributed by atoms with Gasteiger partial charge in [0.25, 0.3) is 0 Å². The molecule has 168 valence electrons. The number of aromatic nitrogens is 2. The minimum Gasteiger partial charge on any atom is -0.478 e. The molecule has 0 atom stereocenters. The number of imidazole rings is 1. The van der Waals surface area contributed by atoms with Gasteiger partial charge in [0.2, 0.25) is 0 Å². The summed E-state index contributed by atoms with van der Waals surface area (Å²) in [5.41, 5.74) is 4.75. The Labute approximate surface area is 205 Å². The van der Waals surface area contributed by atoms with Crippen LogP contribution in [0.1, 0.15) is 15.9 Å². The highest BCUT2D eigenvalue weighted by atomic mass is 35.5. The van der Waals surface area contributed by atoms with Gasteiger partial charge in [-0.3, -0.25) is 9.13 Å². The number of nitrogens with zero attached hydrogens (tertiary/aromatic N) is 2. The predicted octanol–water partition coefficient (Wildman–Crippen LogP) is 6.51. The van der Waals surface area contributed by atoms with Crippen LogP contribution in [0.5, 0.6) is 0 Å². The number of halogens is 2. The first kappa shape index (κ1) is 22.0. The molecular weight excluding hydrogens is 471 g/mol. The maximum absolute atomic E-state index is 13.6. The van der Waals surface area contributed by atoms with E-state index in [4.69, 9.17) is 23.2 Å². The lowest BCUT2D eigenvalue weighted by Crippen LogP contribution is -2.23. The van der Waals surface area contributed by atoms with Crippen LogP contribution in [0.25, 0.3) is 27.8 Å². The van der Waals surface area contributed by atoms with Crippen molar-refractivity contribution in [3.8, 4) is 16.8 Å². The Balaban J connectivity index is 1.61. The Hall–Kier alpha value is -3.80. The largest absolute Gasteiger partial charge is 0.478 e. The van der Waals surface area contributed by atoms with E-state index in [0.717, 1.165) is 11.1 Å². The van der Waals surface area contributed by atoms with Crippen molar-refractivity contribution in [1.29, 1.82) is 0 Å². The molecule has 0 fully saturated rings. The number of hydrogen-bond donors (Lipinski definition) is 1. The molecule has 0 saturated heterocycles. The number of aromatic carboxylic acids is 1. The van der Waals surface area contributed by atoms with Crippen LogP contribution in [0.2, 0.25) is 10.0 Å². The highest BCUT2D eigenvalue weighted by Crippen LogP contribution is 2.26. The molecule has 0 aliphatic heterocycles. The summed E-state index contributed by atoms with van der Waals surface area (Å²) in [6, 6.07) is 27.1. The molecular formula is C27H18Cl2N2O3. The molecule has 1 N–H and O–H groups in total. The molecule has 1 aromatic heterocycles. The van der Waals surface area contributed by atoms with Gasteiger partial charge < -0.3 is 5.11 Å². The van der Waals surface area contributed by atoms with Crippen LogP contribution >= 0.6 is 23.2 Å². The Morgan fingerprint density at radius 2 is 1.41 bits per heavy atom. The maximum atomic E-state index is 13.6. The number of carboxylic acid groups (broad SMARTS) is 1. The summed E-state index contributed by atoms with van der Waals surface area (Å²) in [6.45, 7) is 0.230. The number of benzene rings is 4. The van der Waals surface area contributed by atoms with Crippen molar-refractivity contribution >= 4 is 40.2 Å². The average molecular weight is 489 g/mol. The Morgan fingerprint density at radius 3 is 2.09 bits per heavy atom. The van der Waals surface area contributed by atoms with E-state index in [1.807, 2.05) is 48.5 Å². The minimum absolute atomic E-state index is 0.176. The topological polar surface area (TPSA) is 64.2 Å². The molecule has 0 bridgehead atoms. The van der Waals surface area contributed by atoms with E-state index in [-0.39, 0.29) is 17.8 Å². The van der Waals surface area contributed by atoms with Crippen molar-refractivity contribution in [1.82, 2.24) is 9.13 Å². The second-order valence-corrected chi connectivity index (χ2v) is 8.77. The summed E-state index contributed by atoms with van der Waals surface area (Å²) in [6.07, 6.45) is 0. The quantitative estimate of drug-likeness (QED) is 0.306. The fourth-order valence-electron chi connectivity index (χ4n) is 4.06. The number of hydrogen-bond acceptors (Lipinski definition) is 2. The van der Waals surface area contributed by atoms with Gasteiger partial charge >= 0.3 is 11.7 Å². The highest BCUT2D eigenvalue weighted by Gasteiger charge is 2.16. The van der Waals surface area contributed by atoms with Gasteiger partial charge in [0.05, 0.1) is 28.8 Å². The normalized spacial score (nSPS) is 11.1. The van der Waals surface area contributed by atoms with Gasteiger partial charge in [0.1, 0.15) is 0 Å². The third-order valence-corrected chi connectivity index (χ3v) is 6.20. The van der Waals surface area contributed by atoms with Gasteiger partial charge in [0, 0.05) is 10.0 Å².